The van der Waals surface area contributed by atoms with Crippen LogP contribution < -0.4 is 0 Å². The molecule has 0 saturated carbocycles. The summed E-state index contributed by atoms with van der Waals surface area (Å²) in [5.74, 6) is -0.194. The van der Waals surface area contributed by atoms with Crippen LogP contribution in [0, 0.1) is 0 Å². The minimum Gasteiger partial charge on any atom is -0.389 e. The molecule has 0 bridgehead atoms. The molecule has 18 heavy (non-hydrogen) atoms. The monoisotopic (exact) mass is 247 g/mol. The third-order valence-corrected chi connectivity index (χ3v) is 2.55. The van der Waals surface area contributed by atoms with Gasteiger partial charge >= 0.3 is 0 Å². The van der Waals surface area contributed by atoms with Gasteiger partial charge < -0.3 is 14.4 Å². The van der Waals surface area contributed by atoms with Gasteiger partial charge in [-0.3, -0.25) is 4.79 Å². The minimum absolute atomic E-state index is 0.194. The normalized spacial score (nSPS) is 11.8. The quantitative estimate of drug-likeness (QED) is 0.886. The number of imidazole rings is 1. The summed E-state index contributed by atoms with van der Waals surface area (Å²) in [6.45, 7) is 3.60. The van der Waals surface area contributed by atoms with Crippen LogP contribution in [-0.2, 0) is 0 Å². The van der Waals surface area contributed by atoms with Gasteiger partial charge in [-0.05, 0) is 26.0 Å². The number of likely N-dealkylation sites (N-methyl/N-ethyl adjacent to an activating group) is 1. The summed E-state index contributed by atoms with van der Waals surface area (Å²) in [5.41, 5.74) is 0.203. The lowest BCUT2D eigenvalue weighted by Gasteiger charge is -2.24. The summed E-state index contributed by atoms with van der Waals surface area (Å²) in [6, 6.07) is 5.59. The average molecular weight is 247 g/mol. The fourth-order valence-corrected chi connectivity index (χ4v) is 1.89. The van der Waals surface area contributed by atoms with E-state index in [2.05, 4.69) is 4.98 Å². The molecule has 2 heterocycles. The van der Waals surface area contributed by atoms with Crippen LogP contribution >= 0.6 is 0 Å². The molecule has 0 radical (unpaired) electrons. The third-order valence-electron chi connectivity index (χ3n) is 2.55. The van der Waals surface area contributed by atoms with E-state index < -0.39 is 5.60 Å². The molecule has 0 spiro atoms. The van der Waals surface area contributed by atoms with Gasteiger partial charge in [-0.25, -0.2) is 4.98 Å². The standard InChI is InChI=1S/C13H17N3O2/c1-13(2,18)9-15(3)12(17)10-8-16-7-5-4-6-11(16)14-10/h4-8,18H,9H2,1-3H3. The SMILES string of the molecule is CN(CC(C)(C)O)C(=O)c1cn2ccccc2n1. The number of pyridine rings is 1. The molecule has 0 aromatic carbocycles. The lowest BCUT2D eigenvalue weighted by molar-refractivity contribution is 0.0365. The first-order valence-corrected chi connectivity index (χ1v) is 5.78. The molecule has 96 valence electrons. The molecule has 5 heteroatoms. The molecule has 0 unspecified atom stereocenters. The highest BCUT2D eigenvalue weighted by Crippen LogP contribution is 2.09. The lowest BCUT2D eigenvalue weighted by atomic mass is 10.1. The Kier molecular flexibility index (Phi) is 3.09. The smallest absolute Gasteiger partial charge is 0.273 e. The molecule has 0 aliphatic carbocycles. The highest BCUT2D eigenvalue weighted by atomic mass is 16.3. The van der Waals surface area contributed by atoms with E-state index >= 15 is 0 Å². The van der Waals surface area contributed by atoms with Crippen molar-refractivity contribution in [1.29, 1.82) is 0 Å². The van der Waals surface area contributed by atoms with Gasteiger partial charge in [0, 0.05) is 26.0 Å². The van der Waals surface area contributed by atoms with Gasteiger partial charge in [-0.15, -0.1) is 0 Å². The average Bonchev–Trinajstić information content (AvgIpc) is 2.68. The Hall–Kier alpha value is -1.88. The molecule has 1 amide bonds. The van der Waals surface area contributed by atoms with Crippen molar-refractivity contribution in [3.05, 3.63) is 36.3 Å². The van der Waals surface area contributed by atoms with Crippen molar-refractivity contribution in [2.24, 2.45) is 0 Å². The summed E-state index contributed by atoms with van der Waals surface area (Å²) in [5, 5.41) is 9.70. The molecule has 0 fully saturated rings. The summed E-state index contributed by atoms with van der Waals surface area (Å²) < 4.78 is 1.80. The summed E-state index contributed by atoms with van der Waals surface area (Å²) in [6.07, 6.45) is 3.54. The van der Waals surface area contributed by atoms with Gasteiger partial charge in [0.15, 0.2) is 0 Å². The van der Waals surface area contributed by atoms with Gasteiger partial charge in [0.2, 0.25) is 0 Å². The molecule has 2 rings (SSSR count). The number of hydrogen-bond donors (Lipinski definition) is 1. The zero-order valence-corrected chi connectivity index (χ0v) is 10.8. The second kappa shape index (κ2) is 4.42. The van der Waals surface area contributed by atoms with Crippen molar-refractivity contribution >= 4 is 11.6 Å². The highest BCUT2D eigenvalue weighted by Gasteiger charge is 2.21. The Morgan fingerprint density at radius 3 is 2.83 bits per heavy atom. The summed E-state index contributed by atoms with van der Waals surface area (Å²) in [7, 11) is 1.66. The van der Waals surface area contributed by atoms with Gasteiger partial charge in [0.1, 0.15) is 11.3 Å². The van der Waals surface area contributed by atoms with Crippen LogP contribution in [0.2, 0.25) is 0 Å². The lowest BCUT2D eigenvalue weighted by Crippen LogP contribution is -2.39. The predicted molar refractivity (Wildman–Crippen MR) is 68.5 cm³/mol. The number of nitrogens with zero attached hydrogens (tertiary/aromatic N) is 3. The van der Waals surface area contributed by atoms with E-state index in [1.54, 1.807) is 31.5 Å². The number of fused-ring (bicyclic) bond motifs is 1. The van der Waals surface area contributed by atoms with E-state index in [0.717, 1.165) is 5.65 Å². The van der Waals surface area contributed by atoms with Gasteiger partial charge in [0.25, 0.3) is 5.91 Å². The van der Waals surface area contributed by atoms with Crippen LogP contribution in [-0.4, -0.2) is 44.5 Å². The Balaban J connectivity index is 2.23. The maximum Gasteiger partial charge on any atom is 0.273 e. The van der Waals surface area contributed by atoms with Crippen molar-refractivity contribution in [2.75, 3.05) is 13.6 Å². The van der Waals surface area contributed by atoms with Crippen LogP contribution in [0.1, 0.15) is 24.3 Å². The number of rotatable bonds is 3. The van der Waals surface area contributed by atoms with Crippen molar-refractivity contribution in [2.45, 2.75) is 19.4 Å². The molecular weight excluding hydrogens is 230 g/mol. The van der Waals surface area contributed by atoms with Crippen LogP contribution in [0.3, 0.4) is 0 Å². The molecule has 0 aliphatic rings. The van der Waals surface area contributed by atoms with Crippen molar-refractivity contribution < 1.29 is 9.90 Å². The molecule has 0 aliphatic heterocycles. The molecule has 2 aromatic heterocycles. The largest absolute Gasteiger partial charge is 0.389 e. The van der Waals surface area contributed by atoms with Crippen molar-refractivity contribution in [3.63, 3.8) is 0 Å². The highest BCUT2D eigenvalue weighted by molar-refractivity contribution is 5.92. The van der Waals surface area contributed by atoms with Crippen LogP contribution in [0.25, 0.3) is 5.65 Å². The van der Waals surface area contributed by atoms with Gasteiger partial charge in [-0.1, -0.05) is 6.07 Å². The van der Waals surface area contributed by atoms with Crippen LogP contribution in [0.15, 0.2) is 30.6 Å². The number of amides is 1. The maximum absolute atomic E-state index is 12.1. The van der Waals surface area contributed by atoms with E-state index in [1.165, 1.54) is 4.90 Å². The molecule has 0 saturated heterocycles. The van der Waals surface area contributed by atoms with Gasteiger partial charge in [-0.2, -0.15) is 0 Å². The number of carbonyl (C=O) groups is 1. The fourth-order valence-electron chi connectivity index (χ4n) is 1.89. The molecule has 5 nitrogen and oxygen atoms in total. The van der Waals surface area contributed by atoms with E-state index in [4.69, 9.17) is 0 Å². The molecular formula is C13H17N3O2. The Morgan fingerprint density at radius 1 is 1.50 bits per heavy atom. The minimum atomic E-state index is -0.913. The topological polar surface area (TPSA) is 57.8 Å². The number of hydrogen-bond acceptors (Lipinski definition) is 3. The first kappa shape index (κ1) is 12.6. The van der Waals surface area contributed by atoms with E-state index in [-0.39, 0.29) is 12.5 Å². The first-order chi connectivity index (χ1) is 8.37. The van der Waals surface area contributed by atoms with Crippen LogP contribution in [0.4, 0.5) is 0 Å². The fraction of sp³-hybridized carbons (Fsp3) is 0.385. The summed E-state index contributed by atoms with van der Waals surface area (Å²) in [4.78, 5) is 17.9. The zero-order valence-electron chi connectivity index (χ0n) is 10.8. The van der Waals surface area contributed by atoms with Gasteiger partial charge in [0.05, 0.1) is 5.60 Å². The predicted octanol–water partition coefficient (Wildman–Crippen LogP) is 1.18. The molecule has 1 N–H and O–H groups in total. The Labute approximate surface area is 106 Å². The Bertz CT molecular complexity index is 536. The zero-order chi connectivity index (χ0) is 13.3. The number of aromatic nitrogens is 2. The van der Waals surface area contributed by atoms with E-state index in [0.29, 0.717) is 5.69 Å². The van der Waals surface area contributed by atoms with Crippen molar-refractivity contribution in [3.8, 4) is 0 Å². The number of carbonyl (C=O) groups excluding carboxylic acids is 1. The molecule has 2 aromatic rings. The number of aliphatic hydroxyl groups is 1. The second-order valence-electron chi connectivity index (χ2n) is 5.07. The maximum atomic E-state index is 12.1. The third kappa shape index (κ3) is 2.68. The van der Waals surface area contributed by atoms with E-state index in [9.17, 15) is 9.90 Å². The van der Waals surface area contributed by atoms with Crippen LogP contribution in [0.5, 0.6) is 0 Å². The first-order valence-electron chi connectivity index (χ1n) is 5.78. The van der Waals surface area contributed by atoms with Crippen molar-refractivity contribution in [1.82, 2.24) is 14.3 Å². The Morgan fingerprint density at radius 2 is 2.22 bits per heavy atom. The molecule has 0 atom stereocenters. The summed E-state index contributed by atoms with van der Waals surface area (Å²) >= 11 is 0. The van der Waals surface area contributed by atoms with E-state index in [1.807, 2.05) is 24.4 Å². The second-order valence-corrected chi connectivity index (χ2v) is 5.07.